The van der Waals surface area contributed by atoms with Crippen molar-refractivity contribution < 1.29 is 4.74 Å². The van der Waals surface area contributed by atoms with Crippen LogP contribution in [0.15, 0.2) is 28.6 Å². The van der Waals surface area contributed by atoms with Crippen LogP contribution in [0.4, 0.5) is 10.8 Å². The van der Waals surface area contributed by atoms with E-state index < -0.39 is 4.33 Å². The van der Waals surface area contributed by atoms with Gasteiger partial charge in [0.15, 0.2) is 4.34 Å². The first-order chi connectivity index (χ1) is 10.1. The summed E-state index contributed by atoms with van der Waals surface area (Å²) in [5, 5.41) is 12.3. The van der Waals surface area contributed by atoms with Gasteiger partial charge in [0.1, 0.15) is 10.1 Å². The van der Waals surface area contributed by atoms with E-state index in [1.165, 1.54) is 11.3 Å². The average molecular weight is 362 g/mol. The molecular formula is C13H13Cl2N3OS2. The van der Waals surface area contributed by atoms with E-state index in [-0.39, 0.29) is 0 Å². The molecule has 0 unspecified atom stereocenters. The Morgan fingerprint density at radius 1 is 1.38 bits per heavy atom. The van der Waals surface area contributed by atoms with E-state index in [0.717, 1.165) is 33.1 Å². The van der Waals surface area contributed by atoms with Crippen molar-refractivity contribution in [3.8, 4) is 5.75 Å². The maximum Gasteiger partial charge on any atom is 0.210 e. The first-order valence-corrected chi connectivity index (χ1v) is 8.88. The summed E-state index contributed by atoms with van der Waals surface area (Å²) in [6, 6.07) is 7.67. The molecule has 0 spiro atoms. The number of nitrogens with one attached hydrogen (secondary N) is 1. The van der Waals surface area contributed by atoms with Gasteiger partial charge in [-0.2, -0.15) is 0 Å². The summed E-state index contributed by atoms with van der Waals surface area (Å²) < 4.78 is 5.52. The molecule has 1 aromatic heterocycles. The molecule has 0 bridgehead atoms. The Morgan fingerprint density at radius 3 is 2.71 bits per heavy atom. The minimum Gasteiger partial charge on any atom is -0.497 e. The van der Waals surface area contributed by atoms with E-state index in [0.29, 0.717) is 5.92 Å². The Bertz CT molecular complexity index is 618. The van der Waals surface area contributed by atoms with Gasteiger partial charge in [0, 0.05) is 17.4 Å². The topological polar surface area (TPSA) is 47.0 Å². The first-order valence-electron chi connectivity index (χ1n) is 6.32. The molecule has 0 saturated heterocycles. The van der Waals surface area contributed by atoms with Crippen LogP contribution in [0.5, 0.6) is 5.75 Å². The molecule has 3 rings (SSSR count). The molecule has 8 heteroatoms. The predicted octanol–water partition coefficient (Wildman–Crippen LogP) is 4.58. The monoisotopic (exact) mass is 361 g/mol. The van der Waals surface area contributed by atoms with Crippen LogP contribution in [0.1, 0.15) is 6.42 Å². The molecule has 0 amide bonds. The van der Waals surface area contributed by atoms with Crippen molar-refractivity contribution >= 4 is 57.1 Å². The van der Waals surface area contributed by atoms with E-state index in [9.17, 15) is 0 Å². The van der Waals surface area contributed by atoms with Crippen molar-refractivity contribution in [2.75, 3.05) is 18.2 Å². The van der Waals surface area contributed by atoms with E-state index in [1.54, 1.807) is 18.9 Å². The number of aromatic nitrogens is 2. The van der Waals surface area contributed by atoms with Gasteiger partial charge in [-0.15, -0.1) is 33.4 Å². The lowest BCUT2D eigenvalue weighted by atomic mass is 10.3. The number of benzene rings is 1. The Hall–Kier alpha value is -0.690. The summed E-state index contributed by atoms with van der Waals surface area (Å²) >= 11 is 15.2. The van der Waals surface area contributed by atoms with Crippen molar-refractivity contribution in [2.24, 2.45) is 5.92 Å². The quantitative estimate of drug-likeness (QED) is 0.602. The van der Waals surface area contributed by atoms with Gasteiger partial charge >= 0.3 is 0 Å². The van der Waals surface area contributed by atoms with Crippen molar-refractivity contribution in [1.82, 2.24) is 10.2 Å². The zero-order valence-corrected chi connectivity index (χ0v) is 14.3. The molecule has 1 fully saturated rings. The van der Waals surface area contributed by atoms with Crippen LogP contribution < -0.4 is 10.1 Å². The van der Waals surface area contributed by atoms with Gasteiger partial charge in [0.05, 0.1) is 7.11 Å². The number of methoxy groups -OCH3 is 1. The highest BCUT2D eigenvalue weighted by Crippen LogP contribution is 2.55. The SMILES string of the molecule is COc1ccc(Nc2nnc(SC[C@H]3CC3(Cl)Cl)s2)cc1. The molecule has 1 aromatic carbocycles. The van der Waals surface area contributed by atoms with Gasteiger partial charge in [-0.3, -0.25) is 0 Å². The van der Waals surface area contributed by atoms with Crippen LogP contribution in [-0.2, 0) is 0 Å². The van der Waals surface area contributed by atoms with Crippen LogP contribution in [0.2, 0.25) is 0 Å². The highest BCUT2D eigenvalue weighted by atomic mass is 35.5. The van der Waals surface area contributed by atoms with Crippen LogP contribution in [0, 0.1) is 5.92 Å². The molecule has 1 atom stereocenters. The molecular weight excluding hydrogens is 349 g/mol. The number of halogens is 2. The lowest BCUT2D eigenvalue weighted by Crippen LogP contribution is -1.92. The number of ether oxygens (including phenoxy) is 1. The molecule has 2 aromatic rings. The summed E-state index contributed by atoms with van der Waals surface area (Å²) in [7, 11) is 1.65. The lowest BCUT2D eigenvalue weighted by molar-refractivity contribution is 0.415. The maximum atomic E-state index is 6.01. The van der Waals surface area contributed by atoms with Gasteiger partial charge in [0.25, 0.3) is 0 Å². The second-order valence-electron chi connectivity index (χ2n) is 4.70. The molecule has 1 N–H and O–H groups in total. The highest BCUT2D eigenvalue weighted by molar-refractivity contribution is 8.01. The zero-order valence-electron chi connectivity index (χ0n) is 11.2. The minimum absolute atomic E-state index is 0.354. The third kappa shape index (κ3) is 3.94. The Balaban J connectivity index is 1.54. The van der Waals surface area contributed by atoms with Gasteiger partial charge in [-0.25, -0.2) is 0 Å². The second-order valence-corrected chi connectivity index (χ2v) is 8.49. The number of thioether (sulfide) groups is 1. The van der Waals surface area contributed by atoms with E-state index in [2.05, 4.69) is 15.5 Å². The Kier molecular flexibility index (Phi) is 4.49. The highest BCUT2D eigenvalue weighted by Gasteiger charge is 2.51. The summed E-state index contributed by atoms with van der Waals surface area (Å²) in [5.41, 5.74) is 0.950. The molecule has 1 heterocycles. The number of alkyl halides is 2. The van der Waals surface area contributed by atoms with Gasteiger partial charge in [-0.05, 0) is 30.7 Å². The third-order valence-electron chi connectivity index (χ3n) is 3.11. The van der Waals surface area contributed by atoms with Crippen molar-refractivity contribution in [1.29, 1.82) is 0 Å². The fourth-order valence-corrected chi connectivity index (χ4v) is 4.47. The van der Waals surface area contributed by atoms with E-state index in [1.807, 2.05) is 24.3 Å². The Labute approximate surface area is 141 Å². The van der Waals surface area contributed by atoms with E-state index in [4.69, 9.17) is 27.9 Å². The third-order valence-corrected chi connectivity index (χ3v) is 6.17. The molecule has 1 saturated carbocycles. The van der Waals surface area contributed by atoms with Gasteiger partial charge in [-0.1, -0.05) is 23.1 Å². The van der Waals surface area contributed by atoms with Gasteiger partial charge < -0.3 is 10.1 Å². The summed E-state index contributed by atoms with van der Waals surface area (Å²) in [4.78, 5) is 0. The molecule has 112 valence electrons. The molecule has 1 aliphatic rings. The second kappa shape index (κ2) is 6.20. The first kappa shape index (κ1) is 15.2. The summed E-state index contributed by atoms with van der Waals surface area (Å²) in [6.07, 6.45) is 0.860. The van der Waals surface area contributed by atoms with Crippen molar-refractivity contribution in [2.45, 2.75) is 15.1 Å². The van der Waals surface area contributed by atoms with Crippen molar-refractivity contribution in [3.05, 3.63) is 24.3 Å². The molecule has 0 aliphatic heterocycles. The predicted molar refractivity (Wildman–Crippen MR) is 89.5 cm³/mol. The lowest BCUT2D eigenvalue weighted by Gasteiger charge is -2.03. The zero-order chi connectivity index (χ0) is 14.9. The van der Waals surface area contributed by atoms with Crippen LogP contribution >= 0.6 is 46.3 Å². The normalized spacial score (nSPS) is 19.3. The van der Waals surface area contributed by atoms with Crippen LogP contribution in [0.3, 0.4) is 0 Å². The standard InChI is InChI=1S/C13H13Cl2N3OS2/c1-19-10-4-2-9(3-5-10)16-11-17-18-12(21-11)20-7-8-6-13(8,14)15/h2-5,8H,6-7H2,1H3,(H,16,17)/t8-/m1/s1. The number of hydrogen-bond donors (Lipinski definition) is 1. The average Bonchev–Trinajstić information content (AvgIpc) is 2.87. The maximum absolute atomic E-state index is 6.01. The number of nitrogens with zero attached hydrogens (tertiary/aromatic N) is 2. The number of anilines is 2. The van der Waals surface area contributed by atoms with Crippen LogP contribution in [-0.4, -0.2) is 27.4 Å². The van der Waals surface area contributed by atoms with Crippen molar-refractivity contribution in [3.63, 3.8) is 0 Å². The smallest absolute Gasteiger partial charge is 0.210 e. The Morgan fingerprint density at radius 2 is 2.10 bits per heavy atom. The van der Waals surface area contributed by atoms with Crippen LogP contribution in [0.25, 0.3) is 0 Å². The molecule has 0 radical (unpaired) electrons. The number of hydrogen-bond acceptors (Lipinski definition) is 6. The van der Waals surface area contributed by atoms with Gasteiger partial charge in [0.2, 0.25) is 5.13 Å². The number of rotatable bonds is 6. The fraction of sp³-hybridized carbons (Fsp3) is 0.385. The fourth-order valence-electron chi connectivity index (χ4n) is 1.74. The van der Waals surface area contributed by atoms with E-state index >= 15 is 0 Å². The largest absolute Gasteiger partial charge is 0.497 e. The summed E-state index contributed by atoms with van der Waals surface area (Å²) in [5.74, 6) is 2.06. The molecule has 1 aliphatic carbocycles. The molecule has 4 nitrogen and oxygen atoms in total. The molecule has 21 heavy (non-hydrogen) atoms. The minimum atomic E-state index is -0.526. The summed E-state index contributed by atoms with van der Waals surface area (Å²) in [6.45, 7) is 0.